The second-order valence-corrected chi connectivity index (χ2v) is 4.15. The van der Waals surface area contributed by atoms with Gasteiger partial charge in [-0.3, -0.25) is 0 Å². The summed E-state index contributed by atoms with van der Waals surface area (Å²) in [5.41, 5.74) is 1.79. The lowest BCUT2D eigenvalue weighted by Crippen LogP contribution is -1.92. The van der Waals surface area contributed by atoms with E-state index < -0.39 is 0 Å². The predicted molar refractivity (Wildman–Crippen MR) is 66.3 cm³/mol. The Balaban J connectivity index is 2.25. The number of benzene rings is 1. The quantitative estimate of drug-likeness (QED) is 0.920. The van der Waals surface area contributed by atoms with Gasteiger partial charge in [0, 0.05) is 17.6 Å². The lowest BCUT2D eigenvalue weighted by molar-refractivity contribution is 0.621. The fourth-order valence-electron chi connectivity index (χ4n) is 1.31. The van der Waals surface area contributed by atoms with Gasteiger partial charge in [0.05, 0.1) is 4.47 Å². The highest BCUT2D eigenvalue weighted by Gasteiger charge is 2.01. The van der Waals surface area contributed by atoms with E-state index in [9.17, 15) is 4.39 Å². The van der Waals surface area contributed by atoms with Gasteiger partial charge in [-0.2, -0.15) is 5.26 Å². The molecule has 1 heterocycles. The number of nitriles is 1. The molecule has 0 aliphatic heterocycles. The van der Waals surface area contributed by atoms with E-state index in [-0.39, 0.29) is 5.82 Å². The van der Waals surface area contributed by atoms with Crippen LogP contribution in [0.2, 0.25) is 0 Å². The van der Waals surface area contributed by atoms with E-state index in [1.54, 1.807) is 30.5 Å². The summed E-state index contributed by atoms with van der Waals surface area (Å²) < 4.78 is 13.4. The van der Waals surface area contributed by atoms with Crippen LogP contribution in [-0.2, 0) is 0 Å². The first-order valence-corrected chi connectivity index (χ1v) is 5.56. The van der Waals surface area contributed by atoms with E-state index in [4.69, 9.17) is 5.26 Å². The summed E-state index contributed by atoms with van der Waals surface area (Å²) in [6.07, 6.45) is 1.54. The molecule has 0 radical (unpaired) electrons. The van der Waals surface area contributed by atoms with Crippen LogP contribution in [0.1, 0.15) is 5.69 Å². The van der Waals surface area contributed by atoms with Gasteiger partial charge in [-0.25, -0.2) is 9.37 Å². The number of hydrogen-bond acceptors (Lipinski definition) is 3. The largest absolute Gasteiger partial charge is 0.355 e. The van der Waals surface area contributed by atoms with Gasteiger partial charge in [0.2, 0.25) is 0 Å². The zero-order chi connectivity index (χ0) is 12.3. The lowest BCUT2D eigenvalue weighted by atomic mass is 10.2. The van der Waals surface area contributed by atoms with Crippen LogP contribution in [0.15, 0.2) is 41.0 Å². The maximum Gasteiger partial charge on any atom is 0.142 e. The average molecular weight is 292 g/mol. The molecule has 0 amide bonds. The highest BCUT2D eigenvalue weighted by atomic mass is 79.9. The van der Waals surface area contributed by atoms with Crippen molar-refractivity contribution in [2.75, 3.05) is 5.32 Å². The second-order valence-electron chi connectivity index (χ2n) is 3.30. The average Bonchev–Trinajstić information content (AvgIpc) is 2.34. The number of pyridine rings is 1. The molecule has 0 atom stereocenters. The topological polar surface area (TPSA) is 48.7 Å². The third kappa shape index (κ3) is 2.80. The van der Waals surface area contributed by atoms with Gasteiger partial charge in [-0.05, 0) is 46.3 Å². The smallest absolute Gasteiger partial charge is 0.142 e. The number of nitrogens with one attached hydrogen (secondary N) is 1. The van der Waals surface area contributed by atoms with Crippen molar-refractivity contribution in [2.45, 2.75) is 0 Å². The van der Waals surface area contributed by atoms with Crippen molar-refractivity contribution >= 4 is 27.3 Å². The van der Waals surface area contributed by atoms with Gasteiger partial charge in [-0.1, -0.05) is 0 Å². The number of rotatable bonds is 2. The molecule has 1 aromatic carbocycles. The van der Waals surface area contributed by atoms with Crippen molar-refractivity contribution in [3.05, 3.63) is 52.5 Å². The first kappa shape index (κ1) is 11.6. The molecule has 0 aliphatic carbocycles. The Morgan fingerprint density at radius 3 is 2.71 bits per heavy atom. The minimum Gasteiger partial charge on any atom is -0.355 e. The zero-order valence-corrected chi connectivity index (χ0v) is 10.2. The van der Waals surface area contributed by atoms with Crippen LogP contribution >= 0.6 is 15.9 Å². The summed E-state index contributed by atoms with van der Waals surface area (Å²) in [6.45, 7) is 0. The molecule has 0 spiro atoms. The normalized spacial score (nSPS) is 9.71. The Morgan fingerprint density at radius 2 is 2.00 bits per heavy atom. The first-order chi connectivity index (χ1) is 8.19. The van der Waals surface area contributed by atoms with Crippen LogP contribution in [0.4, 0.5) is 15.8 Å². The molecule has 0 unspecified atom stereocenters. The highest BCUT2D eigenvalue weighted by Crippen LogP contribution is 2.23. The molecule has 2 rings (SSSR count). The minimum absolute atomic E-state index is 0.317. The Kier molecular flexibility index (Phi) is 3.35. The van der Waals surface area contributed by atoms with Crippen LogP contribution < -0.4 is 5.32 Å². The van der Waals surface area contributed by atoms with E-state index in [2.05, 4.69) is 26.2 Å². The van der Waals surface area contributed by atoms with Crippen molar-refractivity contribution in [2.24, 2.45) is 0 Å². The molecule has 0 aliphatic rings. The fraction of sp³-hybridized carbons (Fsp3) is 0. The maximum absolute atomic E-state index is 13.0. The summed E-state index contributed by atoms with van der Waals surface area (Å²) >= 11 is 3.11. The van der Waals surface area contributed by atoms with Gasteiger partial charge in [0.25, 0.3) is 0 Å². The van der Waals surface area contributed by atoms with E-state index in [1.165, 1.54) is 6.07 Å². The molecule has 0 bridgehead atoms. The summed E-state index contributed by atoms with van der Waals surface area (Å²) in [4.78, 5) is 3.86. The van der Waals surface area contributed by atoms with Crippen LogP contribution in [0.25, 0.3) is 0 Å². The van der Waals surface area contributed by atoms with Gasteiger partial charge >= 0.3 is 0 Å². The van der Waals surface area contributed by atoms with Crippen molar-refractivity contribution < 1.29 is 4.39 Å². The van der Waals surface area contributed by atoms with E-state index in [0.29, 0.717) is 10.2 Å². The SMILES string of the molecule is N#Cc1cc(Nc2ccc(F)c(Br)c2)ccn1. The van der Waals surface area contributed by atoms with Crippen LogP contribution in [-0.4, -0.2) is 4.98 Å². The number of nitrogens with zero attached hydrogens (tertiary/aromatic N) is 2. The Labute approximate surface area is 106 Å². The number of hydrogen-bond donors (Lipinski definition) is 1. The van der Waals surface area contributed by atoms with Crippen LogP contribution in [0.3, 0.4) is 0 Å². The molecule has 0 saturated carbocycles. The molecule has 0 saturated heterocycles. The van der Waals surface area contributed by atoms with E-state index >= 15 is 0 Å². The third-order valence-corrected chi connectivity index (χ3v) is 2.69. The number of anilines is 2. The van der Waals surface area contributed by atoms with Crippen molar-refractivity contribution in [1.82, 2.24) is 4.98 Å². The molecule has 17 heavy (non-hydrogen) atoms. The Hall–Kier alpha value is -1.93. The second kappa shape index (κ2) is 4.93. The zero-order valence-electron chi connectivity index (χ0n) is 8.61. The highest BCUT2D eigenvalue weighted by molar-refractivity contribution is 9.10. The molecule has 1 N–H and O–H groups in total. The van der Waals surface area contributed by atoms with Crippen LogP contribution in [0, 0.1) is 17.1 Å². The summed E-state index contributed by atoms with van der Waals surface area (Å²) in [6, 6.07) is 9.91. The van der Waals surface area contributed by atoms with Crippen molar-refractivity contribution in [3.63, 3.8) is 0 Å². The molecular weight excluding hydrogens is 285 g/mol. The first-order valence-electron chi connectivity index (χ1n) is 4.77. The Bertz CT molecular complexity index is 593. The maximum atomic E-state index is 13.0. The molecule has 0 fully saturated rings. The molecule has 2 aromatic rings. The number of halogens is 2. The standard InChI is InChI=1S/C12H7BrFN3/c13-11-6-8(1-2-12(11)14)17-9-3-4-16-10(5-9)7-15/h1-6H,(H,16,17). The molecule has 5 heteroatoms. The fourth-order valence-corrected chi connectivity index (χ4v) is 1.69. The van der Waals surface area contributed by atoms with Gasteiger partial charge < -0.3 is 5.32 Å². The third-order valence-electron chi connectivity index (χ3n) is 2.08. The predicted octanol–water partition coefficient (Wildman–Crippen LogP) is 3.60. The summed E-state index contributed by atoms with van der Waals surface area (Å²) in [5.74, 6) is -0.317. The number of aromatic nitrogens is 1. The molecular formula is C12H7BrFN3. The lowest BCUT2D eigenvalue weighted by Gasteiger charge is -2.06. The Morgan fingerprint density at radius 1 is 1.24 bits per heavy atom. The summed E-state index contributed by atoms with van der Waals surface area (Å²) in [5, 5.41) is 11.8. The van der Waals surface area contributed by atoms with E-state index in [1.807, 2.05) is 6.07 Å². The van der Waals surface area contributed by atoms with Gasteiger partial charge in [0.1, 0.15) is 17.6 Å². The summed E-state index contributed by atoms with van der Waals surface area (Å²) in [7, 11) is 0. The van der Waals surface area contributed by atoms with Gasteiger partial charge in [-0.15, -0.1) is 0 Å². The van der Waals surface area contributed by atoms with Crippen molar-refractivity contribution in [3.8, 4) is 6.07 Å². The molecule has 1 aromatic heterocycles. The molecule has 3 nitrogen and oxygen atoms in total. The van der Waals surface area contributed by atoms with Gasteiger partial charge in [0.15, 0.2) is 0 Å². The van der Waals surface area contributed by atoms with Crippen molar-refractivity contribution in [1.29, 1.82) is 5.26 Å². The van der Waals surface area contributed by atoms with E-state index in [0.717, 1.165) is 11.4 Å². The minimum atomic E-state index is -0.317. The monoisotopic (exact) mass is 291 g/mol. The van der Waals surface area contributed by atoms with Crippen LogP contribution in [0.5, 0.6) is 0 Å². The molecule has 84 valence electrons.